The lowest BCUT2D eigenvalue weighted by Crippen LogP contribution is -2.28. The molecule has 2 unspecified atom stereocenters. The van der Waals surface area contributed by atoms with Gasteiger partial charge < -0.3 is 5.32 Å². The first-order valence-corrected chi connectivity index (χ1v) is 12.6. The average Bonchev–Trinajstić information content (AvgIpc) is 3.36. The Labute approximate surface area is 218 Å². The van der Waals surface area contributed by atoms with E-state index in [0.717, 1.165) is 52.9 Å². The van der Waals surface area contributed by atoms with E-state index in [1.165, 1.54) is 0 Å². The molecule has 1 N–H and O–H groups in total. The van der Waals surface area contributed by atoms with Crippen LogP contribution in [0.5, 0.6) is 0 Å². The highest BCUT2D eigenvalue weighted by Crippen LogP contribution is 2.38. The number of alkyl halides is 3. The Morgan fingerprint density at radius 1 is 0.947 bits per heavy atom. The number of halogens is 4. The van der Waals surface area contributed by atoms with Crippen LogP contribution in [-0.2, 0) is 18.0 Å². The highest BCUT2D eigenvalue weighted by atomic mass is 19.4. The lowest BCUT2D eigenvalue weighted by molar-refractivity contribution is -0.137. The summed E-state index contributed by atoms with van der Waals surface area (Å²) >= 11 is 0. The SMILES string of the molecule is Cn1ccc(-c2cccc(-c3ccc(C4CCCC(C(=O)Nc5ccc(C(F)(F)F)cc5F)C4)cc3)c2)n1. The zero-order valence-corrected chi connectivity index (χ0v) is 20.8. The van der Waals surface area contributed by atoms with E-state index in [4.69, 9.17) is 0 Å². The Kier molecular flexibility index (Phi) is 7.06. The molecule has 1 aliphatic rings. The number of hydrogen-bond donors (Lipinski definition) is 1. The fraction of sp³-hybridized carbons (Fsp3) is 0.267. The number of aryl methyl sites for hydroxylation is 1. The van der Waals surface area contributed by atoms with Gasteiger partial charge in [0.25, 0.3) is 0 Å². The maximum absolute atomic E-state index is 14.2. The number of nitrogens with one attached hydrogen (secondary N) is 1. The first-order chi connectivity index (χ1) is 18.2. The summed E-state index contributed by atoms with van der Waals surface area (Å²) in [5, 5.41) is 6.97. The monoisotopic (exact) mass is 521 g/mol. The van der Waals surface area contributed by atoms with Crippen molar-refractivity contribution >= 4 is 11.6 Å². The summed E-state index contributed by atoms with van der Waals surface area (Å²) in [6.45, 7) is 0. The fourth-order valence-corrected chi connectivity index (χ4v) is 5.13. The van der Waals surface area contributed by atoms with Crippen LogP contribution in [0.25, 0.3) is 22.4 Å². The zero-order chi connectivity index (χ0) is 26.9. The summed E-state index contributed by atoms with van der Waals surface area (Å²) < 4.78 is 54.4. The van der Waals surface area contributed by atoms with Gasteiger partial charge in [0.05, 0.1) is 16.9 Å². The minimum Gasteiger partial charge on any atom is -0.323 e. The van der Waals surface area contributed by atoms with Gasteiger partial charge in [-0.15, -0.1) is 0 Å². The van der Waals surface area contributed by atoms with Crippen molar-refractivity contribution in [3.63, 3.8) is 0 Å². The largest absolute Gasteiger partial charge is 0.416 e. The Morgan fingerprint density at radius 2 is 1.71 bits per heavy atom. The van der Waals surface area contributed by atoms with Gasteiger partial charge in [-0.2, -0.15) is 18.3 Å². The van der Waals surface area contributed by atoms with Crippen LogP contribution in [0.3, 0.4) is 0 Å². The van der Waals surface area contributed by atoms with Crippen LogP contribution in [-0.4, -0.2) is 15.7 Å². The second-order valence-electron chi connectivity index (χ2n) is 9.82. The van der Waals surface area contributed by atoms with Crippen LogP contribution >= 0.6 is 0 Å². The normalized spacial score (nSPS) is 17.8. The summed E-state index contributed by atoms with van der Waals surface area (Å²) in [6.07, 6.45) is 0.302. The molecule has 0 saturated heterocycles. The van der Waals surface area contributed by atoms with Crippen LogP contribution in [0, 0.1) is 11.7 Å². The van der Waals surface area contributed by atoms with Crippen molar-refractivity contribution in [3.05, 3.63) is 95.9 Å². The molecule has 4 aromatic rings. The molecule has 2 atom stereocenters. The highest BCUT2D eigenvalue weighted by molar-refractivity contribution is 5.92. The smallest absolute Gasteiger partial charge is 0.323 e. The van der Waals surface area contributed by atoms with Crippen LogP contribution < -0.4 is 5.32 Å². The molecule has 1 aromatic heterocycles. The fourth-order valence-electron chi connectivity index (χ4n) is 5.13. The Balaban J connectivity index is 1.25. The second-order valence-corrected chi connectivity index (χ2v) is 9.82. The molecule has 1 aliphatic carbocycles. The van der Waals surface area contributed by atoms with Crippen LogP contribution in [0.1, 0.15) is 42.7 Å². The van der Waals surface area contributed by atoms with Gasteiger partial charge in [-0.3, -0.25) is 9.48 Å². The van der Waals surface area contributed by atoms with Crippen molar-refractivity contribution in [2.45, 2.75) is 37.8 Å². The maximum atomic E-state index is 14.2. The Bertz CT molecular complexity index is 1440. The molecule has 5 rings (SSSR count). The van der Waals surface area contributed by atoms with Crippen molar-refractivity contribution in [2.75, 3.05) is 5.32 Å². The van der Waals surface area contributed by atoms with Crippen molar-refractivity contribution in [2.24, 2.45) is 13.0 Å². The molecule has 1 fully saturated rings. The number of rotatable bonds is 5. The number of carbonyl (C=O) groups excluding carboxylic acids is 1. The molecule has 0 bridgehead atoms. The van der Waals surface area contributed by atoms with Gasteiger partial charge in [-0.25, -0.2) is 4.39 Å². The van der Waals surface area contributed by atoms with E-state index in [-0.39, 0.29) is 23.4 Å². The van der Waals surface area contributed by atoms with E-state index in [9.17, 15) is 22.4 Å². The number of hydrogen-bond acceptors (Lipinski definition) is 2. The predicted octanol–water partition coefficient (Wildman–Crippen LogP) is 7.82. The average molecular weight is 522 g/mol. The van der Waals surface area contributed by atoms with Crippen LogP contribution in [0.15, 0.2) is 79.0 Å². The molecular weight excluding hydrogens is 494 g/mol. The first kappa shape index (κ1) is 25.7. The van der Waals surface area contributed by atoms with Gasteiger partial charge in [-0.05, 0) is 72.2 Å². The number of anilines is 1. The van der Waals surface area contributed by atoms with Gasteiger partial charge in [0.1, 0.15) is 5.82 Å². The topological polar surface area (TPSA) is 46.9 Å². The van der Waals surface area contributed by atoms with Gasteiger partial charge in [0.2, 0.25) is 5.91 Å². The molecule has 0 spiro atoms. The zero-order valence-electron chi connectivity index (χ0n) is 20.8. The highest BCUT2D eigenvalue weighted by Gasteiger charge is 2.32. The van der Waals surface area contributed by atoms with Crippen molar-refractivity contribution in [3.8, 4) is 22.4 Å². The van der Waals surface area contributed by atoms with E-state index in [0.29, 0.717) is 18.9 Å². The Morgan fingerprint density at radius 3 is 2.39 bits per heavy atom. The minimum atomic E-state index is -4.64. The molecular formula is C30H27F4N3O. The summed E-state index contributed by atoms with van der Waals surface area (Å²) in [5.41, 5.74) is 3.92. The van der Waals surface area contributed by atoms with Gasteiger partial charge in [-0.1, -0.05) is 48.9 Å². The third kappa shape index (κ3) is 5.64. The standard InChI is InChI=1S/C30H27F4N3O/c1-37-15-14-27(36-37)23-6-2-4-21(16-23)19-8-10-20(11-9-19)22-5-3-7-24(17-22)29(38)35-28-13-12-25(18-26(28)31)30(32,33)34/h2,4,6,8-16,18,22,24H,3,5,7,17H2,1H3,(H,35,38). The summed E-state index contributed by atoms with van der Waals surface area (Å²) in [4.78, 5) is 12.9. The van der Waals surface area contributed by atoms with E-state index in [1.807, 2.05) is 31.4 Å². The molecule has 3 aromatic carbocycles. The van der Waals surface area contributed by atoms with E-state index in [1.54, 1.807) is 4.68 Å². The number of carbonyl (C=O) groups is 1. The third-order valence-electron chi connectivity index (χ3n) is 7.19. The van der Waals surface area contributed by atoms with Gasteiger partial charge in [0, 0.05) is 24.7 Å². The lowest BCUT2D eigenvalue weighted by Gasteiger charge is -2.29. The summed E-state index contributed by atoms with van der Waals surface area (Å²) in [7, 11) is 1.89. The minimum absolute atomic E-state index is 0.172. The molecule has 8 heteroatoms. The predicted molar refractivity (Wildman–Crippen MR) is 139 cm³/mol. The second kappa shape index (κ2) is 10.4. The summed E-state index contributed by atoms with van der Waals surface area (Å²) in [5.74, 6) is -1.63. The maximum Gasteiger partial charge on any atom is 0.416 e. The molecule has 1 amide bonds. The number of amides is 1. The molecule has 0 radical (unpaired) electrons. The van der Waals surface area contributed by atoms with Crippen molar-refractivity contribution < 1.29 is 22.4 Å². The Hall–Kier alpha value is -3.94. The van der Waals surface area contributed by atoms with Crippen molar-refractivity contribution in [1.82, 2.24) is 9.78 Å². The van der Waals surface area contributed by atoms with E-state index >= 15 is 0 Å². The molecule has 196 valence electrons. The van der Waals surface area contributed by atoms with Gasteiger partial charge in [0.15, 0.2) is 0 Å². The third-order valence-corrected chi connectivity index (χ3v) is 7.19. The van der Waals surface area contributed by atoms with E-state index < -0.39 is 17.6 Å². The molecule has 0 aliphatic heterocycles. The van der Waals surface area contributed by atoms with Gasteiger partial charge >= 0.3 is 6.18 Å². The van der Waals surface area contributed by atoms with Crippen molar-refractivity contribution in [1.29, 1.82) is 0 Å². The number of benzene rings is 3. The number of aromatic nitrogens is 2. The van der Waals surface area contributed by atoms with E-state index in [2.05, 4.69) is 46.8 Å². The quantitative estimate of drug-likeness (QED) is 0.272. The first-order valence-electron chi connectivity index (χ1n) is 12.6. The molecule has 1 saturated carbocycles. The molecule has 38 heavy (non-hydrogen) atoms. The lowest BCUT2D eigenvalue weighted by atomic mass is 9.77. The van der Waals surface area contributed by atoms with Crippen LogP contribution in [0.4, 0.5) is 23.2 Å². The van der Waals surface area contributed by atoms with Crippen LogP contribution in [0.2, 0.25) is 0 Å². The summed E-state index contributed by atoms with van der Waals surface area (Å²) in [6, 6.07) is 20.7. The number of nitrogens with zero attached hydrogens (tertiary/aromatic N) is 2. The molecule has 4 nitrogen and oxygen atoms in total. The molecule has 1 heterocycles.